The molecule has 1 atom stereocenters. The summed E-state index contributed by atoms with van der Waals surface area (Å²) in [7, 11) is 0. The molecular weight excluding hydrogens is 259 g/mol. The molecule has 1 unspecified atom stereocenters. The Labute approximate surface area is 98.8 Å². The van der Waals surface area contributed by atoms with Gasteiger partial charge < -0.3 is 10.4 Å². The first-order valence-electron chi connectivity index (χ1n) is 4.61. The van der Waals surface area contributed by atoms with Gasteiger partial charge in [0.05, 0.1) is 0 Å². The molecule has 0 amide bonds. The van der Waals surface area contributed by atoms with Gasteiger partial charge in [0.25, 0.3) is 0 Å². The fourth-order valence-electron chi connectivity index (χ4n) is 0.918. The first kappa shape index (κ1) is 13.7. The highest BCUT2D eigenvalue weighted by atomic mass is 32.1. The van der Waals surface area contributed by atoms with Crippen LogP contribution < -0.4 is 5.32 Å². The van der Waals surface area contributed by atoms with E-state index >= 15 is 0 Å². The number of nitrogens with zero attached hydrogens (tertiary/aromatic N) is 2. The van der Waals surface area contributed by atoms with Gasteiger partial charge in [-0.2, -0.15) is 22.5 Å². The number of halogens is 3. The number of aromatic nitrogens is 2. The molecule has 2 N–H and O–H groups in total. The second-order valence-electron chi connectivity index (χ2n) is 3.54. The average molecular weight is 269 g/mol. The average Bonchev–Trinajstić information content (AvgIpc) is 2.65. The maximum absolute atomic E-state index is 12.2. The lowest BCUT2D eigenvalue weighted by Gasteiger charge is -2.23. The minimum atomic E-state index is -4.62. The van der Waals surface area contributed by atoms with Crippen LogP contribution in [-0.2, 0) is 11.0 Å². The molecule has 17 heavy (non-hydrogen) atoms. The molecule has 0 saturated carbocycles. The number of rotatable bonds is 4. The second-order valence-corrected chi connectivity index (χ2v) is 4.29. The smallest absolute Gasteiger partial charge is 0.452 e. The summed E-state index contributed by atoms with van der Waals surface area (Å²) in [6.07, 6.45) is -4.43. The van der Waals surface area contributed by atoms with E-state index in [0.29, 0.717) is 11.5 Å². The van der Waals surface area contributed by atoms with Crippen molar-refractivity contribution in [1.82, 2.24) is 9.36 Å². The van der Waals surface area contributed by atoms with Gasteiger partial charge in [-0.25, -0.2) is 4.79 Å². The number of hydrogen-bond acceptors (Lipinski definition) is 5. The molecule has 0 bridgehead atoms. The highest BCUT2D eigenvalue weighted by Crippen LogP contribution is 2.30. The van der Waals surface area contributed by atoms with Crippen LogP contribution in [0.1, 0.15) is 26.1 Å². The number of nitrogens with one attached hydrogen (secondary N) is 1. The second kappa shape index (κ2) is 4.47. The van der Waals surface area contributed by atoms with Gasteiger partial charge in [0, 0.05) is 11.5 Å². The summed E-state index contributed by atoms with van der Waals surface area (Å²) in [6.45, 7) is 2.97. The zero-order valence-corrected chi connectivity index (χ0v) is 9.82. The Hall–Kier alpha value is -1.38. The number of carboxylic acids is 1. The first-order chi connectivity index (χ1) is 7.69. The molecule has 0 saturated heterocycles. The van der Waals surface area contributed by atoms with Gasteiger partial charge in [-0.15, -0.1) is 0 Å². The van der Waals surface area contributed by atoms with Gasteiger partial charge in [0.1, 0.15) is 5.54 Å². The molecule has 1 rings (SSSR count). The van der Waals surface area contributed by atoms with Crippen LogP contribution in [0.25, 0.3) is 0 Å². The van der Waals surface area contributed by atoms with Gasteiger partial charge in [0.15, 0.2) is 0 Å². The number of alkyl halides is 3. The summed E-state index contributed by atoms with van der Waals surface area (Å²) in [4.78, 5) is 14.1. The van der Waals surface area contributed by atoms with Crippen molar-refractivity contribution in [2.24, 2.45) is 0 Å². The number of hydrogen-bond donors (Lipinski definition) is 2. The van der Waals surface area contributed by atoms with E-state index in [1.807, 2.05) is 0 Å². The van der Waals surface area contributed by atoms with Crippen LogP contribution in [0.2, 0.25) is 0 Å². The summed E-state index contributed by atoms with van der Waals surface area (Å²) in [5, 5.41) is 11.2. The van der Waals surface area contributed by atoms with Crippen LogP contribution >= 0.6 is 11.5 Å². The van der Waals surface area contributed by atoms with Crippen molar-refractivity contribution in [3.05, 3.63) is 5.82 Å². The van der Waals surface area contributed by atoms with Crippen molar-refractivity contribution in [3.8, 4) is 0 Å². The van der Waals surface area contributed by atoms with E-state index < -0.39 is 23.5 Å². The lowest BCUT2D eigenvalue weighted by molar-refractivity contribution is -0.144. The Bertz CT molecular complexity index is 420. The van der Waals surface area contributed by atoms with Crippen molar-refractivity contribution in [1.29, 1.82) is 0 Å². The molecule has 0 aromatic carbocycles. The number of anilines is 1. The van der Waals surface area contributed by atoms with Crippen molar-refractivity contribution >= 4 is 22.6 Å². The van der Waals surface area contributed by atoms with Crippen LogP contribution in [0.5, 0.6) is 0 Å². The van der Waals surface area contributed by atoms with Gasteiger partial charge in [-0.05, 0) is 13.3 Å². The Morgan fingerprint density at radius 1 is 1.53 bits per heavy atom. The van der Waals surface area contributed by atoms with Gasteiger partial charge in [-0.1, -0.05) is 6.92 Å². The first-order valence-corrected chi connectivity index (χ1v) is 5.39. The predicted molar refractivity (Wildman–Crippen MR) is 54.9 cm³/mol. The largest absolute Gasteiger partial charge is 0.480 e. The van der Waals surface area contributed by atoms with E-state index in [1.54, 1.807) is 6.92 Å². The van der Waals surface area contributed by atoms with Crippen LogP contribution in [0, 0.1) is 0 Å². The molecule has 0 radical (unpaired) electrons. The molecule has 0 aliphatic carbocycles. The number of carbonyl (C=O) groups is 1. The Morgan fingerprint density at radius 2 is 2.12 bits per heavy atom. The Balaban J connectivity index is 2.89. The molecule has 1 heterocycles. The summed E-state index contributed by atoms with van der Waals surface area (Å²) < 4.78 is 39.8. The topological polar surface area (TPSA) is 75.1 Å². The minimum Gasteiger partial charge on any atom is -0.480 e. The van der Waals surface area contributed by atoms with Crippen LogP contribution in [0.4, 0.5) is 18.3 Å². The van der Waals surface area contributed by atoms with E-state index in [0.717, 1.165) is 0 Å². The fraction of sp³-hybridized carbons (Fsp3) is 0.625. The summed E-state index contributed by atoms with van der Waals surface area (Å²) in [6, 6.07) is 0. The van der Waals surface area contributed by atoms with E-state index in [-0.39, 0.29) is 11.6 Å². The third-order valence-electron chi connectivity index (χ3n) is 2.24. The third-order valence-corrected chi connectivity index (χ3v) is 2.87. The molecule has 0 fully saturated rings. The molecule has 96 valence electrons. The minimum absolute atomic E-state index is 0.163. The van der Waals surface area contributed by atoms with Crippen LogP contribution in [-0.4, -0.2) is 26.0 Å². The molecule has 0 aliphatic rings. The van der Waals surface area contributed by atoms with E-state index in [1.165, 1.54) is 6.92 Å². The standard InChI is InChI=1S/C8H10F3N3O2S/c1-3-7(2,5(15)16)13-6-12-4(14-17-6)8(9,10)11/h3H2,1-2H3,(H,15,16)(H,12,13,14). The van der Waals surface area contributed by atoms with Gasteiger partial charge >= 0.3 is 12.1 Å². The quantitative estimate of drug-likeness (QED) is 0.876. The van der Waals surface area contributed by atoms with Crippen molar-refractivity contribution in [2.75, 3.05) is 5.32 Å². The van der Waals surface area contributed by atoms with E-state index in [4.69, 9.17) is 5.11 Å². The fourth-order valence-corrected chi connectivity index (χ4v) is 1.63. The van der Waals surface area contributed by atoms with Crippen LogP contribution in [0.15, 0.2) is 0 Å². The molecule has 1 aromatic rings. The van der Waals surface area contributed by atoms with Crippen molar-refractivity contribution in [2.45, 2.75) is 32.0 Å². The van der Waals surface area contributed by atoms with Gasteiger partial charge in [-0.3, -0.25) is 0 Å². The Kier molecular flexibility index (Phi) is 3.60. The normalized spacial score (nSPS) is 15.4. The van der Waals surface area contributed by atoms with E-state index in [2.05, 4.69) is 14.7 Å². The predicted octanol–water partition coefficient (Wildman–Crippen LogP) is 2.22. The summed E-state index contributed by atoms with van der Waals surface area (Å²) in [5.41, 5.74) is -1.36. The van der Waals surface area contributed by atoms with E-state index in [9.17, 15) is 18.0 Å². The summed E-state index contributed by atoms with van der Waals surface area (Å²) in [5.74, 6) is -2.43. The lowest BCUT2D eigenvalue weighted by atomic mass is 10.00. The van der Waals surface area contributed by atoms with Gasteiger partial charge in [0.2, 0.25) is 11.0 Å². The number of carboxylic acid groups (broad SMARTS) is 1. The number of aliphatic carboxylic acids is 1. The molecule has 1 aromatic heterocycles. The monoisotopic (exact) mass is 269 g/mol. The Morgan fingerprint density at radius 3 is 2.47 bits per heavy atom. The molecule has 0 aliphatic heterocycles. The maximum atomic E-state index is 12.2. The lowest BCUT2D eigenvalue weighted by Crippen LogP contribution is -2.42. The molecule has 0 spiro atoms. The van der Waals surface area contributed by atoms with Crippen molar-refractivity contribution < 1.29 is 23.1 Å². The molecule has 5 nitrogen and oxygen atoms in total. The maximum Gasteiger partial charge on any atom is 0.452 e. The molecule has 9 heteroatoms. The SMILES string of the molecule is CCC(C)(Nc1nc(C(F)(F)F)ns1)C(=O)O. The zero-order chi connectivity index (χ0) is 13.3. The highest BCUT2D eigenvalue weighted by Gasteiger charge is 2.38. The highest BCUT2D eigenvalue weighted by molar-refractivity contribution is 7.09. The third kappa shape index (κ3) is 3.05. The zero-order valence-electron chi connectivity index (χ0n) is 9.00. The molecular formula is C8H10F3N3O2S. The van der Waals surface area contributed by atoms with Crippen LogP contribution in [0.3, 0.4) is 0 Å². The summed E-state index contributed by atoms with van der Waals surface area (Å²) >= 11 is 0.481. The van der Waals surface area contributed by atoms with Crippen molar-refractivity contribution in [3.63, 3.8) is 0 Å².